The van der Waals surface area contributed by atoms with Gasteiger partial charge in [0, 0.05) is 11.2 Å². The highest BCUT2D eigenvalue weighted by atomic mass is 35.5. The summed E-state index contributed by atoms with van der Waals surface area (Å²) in [6.45, 7) is 0. The monoisotopic (exact) mass is 260 g/mol. The lowest BCUT2D eigenvalue weighted by atomic mass is 10.0. The summed E-state index contributed by atoms with van der Waals surface area (Å²) >= 11 is 5.92. The van der Waals surface area contributed by atoms with E-state index in [0.29, 0.717) is 17.1 Å². The summed E-state index contributed by atoms with van der Waals surface area (Å²) in [6.07, 6.45) is 3.09. The molecule has 2 aromatic rings. The van der Waals surface area contributed by atoms with E-state index in [4.69, 9.17) is 17.3 Å². The van der Waals surface area contributed by atoms with Crippen molar-refractivity contribution in [1.29, 1.82) is 0 Å². The van der Waals surface area contributed by atoms with Crippen LogP contribution in [0.5, 0.6) is 0 Å². The first-order valence-electron chi connectivity index (χ1n) is 5.65. The quantitative estimate of drug-likeness (QED) is 0.919. The molecule has 0 unspecified atom stereocenters. The van der Waals surface area contributed by atoms with E-state index in [9.17, 15) is 4.79 Å². The molecule has 18 heavy (non-hydrogen) atoms. The van der Waals surface area contributed by atoms with Gasteiger partial charge in [0.05, 0.1) is 0 Å². The van der Waals surface area contributed by atoms with Gasteiger partial charge in [0.25, 0.3) is 5.91 Å². The van der Waals surface area contributed by atoms with Gasteiger partial charge in [-0.1, -0.05) is 29.8 Å². The molecule has 0 saturated heterocycles. The van der Waals surface area contributed by atoms with Crippen LogP contribution in [-0.4, -0.2) is 10.9 Å². The summed E-state index contributed by atoms with van der Waals surface area (Å²) in [4.78, 5) is 15.2. The summed E-state index contributed by atoms with van der Waals surface area (Å²) in [5, 5.41) is 0.716. The number of rotatable bonds is 4. The molecule has 2 rings (SSSR count). The van der Waals surface area contributed by atoms with E-state index in [1.54, 1.807) is 12.3 Å². The standard InChI is InChI=1S/C14H13ClN2O/c15-12-5-1-3-10(9-12)6-7-11-4-2-8-17-13(11)14(16)18/h1-5,8-9H,6-7H2,(H2,16,18). The first-order chi connectivity index (χ1) is 8.66. The number of carbonyl (C=O) groups is 1. The summed E-state index contributed by atoms with van der Waals surface area (Å²) in [7, 11) is 0. The maximum Gasteiger partial charge on any atom is 0.267 e. The topological polar surface area (TPSA) is 56.0 Å². The van der Waals surface area contributed by atoms with Gasteiger partial charge < -0.3 is 5.73 Å². The number of aryl methyl sites for hydroxylation is 2. The maximum atomic E-state index is 11.2. The molecule has 3 nitrogen and oxygen atoms in total. The van der Waals surface area contributed by atoms with Gasteiger partial charge in [-0.15, -0.1) is 0 Å². The van der Waals surface area contributed by atoms with Crippen LogP contribution in [0.3, 0.4) is 0 Å². The Morgan fingerprint density at radius 1 is 1.22 bits per heavy atom. The van der Waals surface area contributed by atoms with E-state index in [2.05, 4.69) is 4.98 Å². The average molecular weight is 261 g/mol. The molecule has 0 aliphatic rings. The molecule has 1 aromatic carbocycles. The van der Waals surface area contributed by atoms with E-state index < -0.39 is 5.91 Å². The normalized spacial score (nSPS) is 10.3. The lowest BCUT2D eigenvalue weighted by molar-refractivity contribution is 0.0994. The summed E-state index contributed by atoms with van der Waals surface area (Å²) in [5.74, 6) is -0.489. The Hall–Kier alpha value is -1.87. The molecule has 2 N–H and O–H groups in total. The molecule has 0 fully saturated rings. The third-order valence-corrected chi connectivity index (χ3v) is 2.93. The summed E-state index contributed by atoms with van der Waals surface area (Å²) < 4.78 is 0. The van der Waals surface area contributed by atoms with Gasteiger partial charge in [-0.05, 0) is 42.2 Å². The highest BCUT2D eigenvalue weighted by Gasteiger charge is 2.08. The Kier molecular flexibility index (Phi) is 3.95. The smallest absolute Gasteiger partial charge is 0.267 e. The van der Waals surface area contributed by atoms with Crippen molar-refractivity contribution in [1.82, 2.24) is 4.98 Å². The number of nitrogens with zero attached hydrogens (tertiary/aromatic N) is 1. The van der Waals surface area contributed by atoms with Crippen molar-refractivity contribution >= 4 is 17.5 Å². The second kappa shape index (κ2) is 5.65. The van der Waals surface area contributed by atoms with Crippen molar-refractivity contribution in [2.45, 2.75) is 12.8 Å². The Balaban J connectivity index is 2.13. The van der Waals surface area contributed by atoms with Crippen LogP contribution in [0.25, 0.3) is 0 Å². The molecule has 1 aromatic heterocycles. The Morgan fingerprint density at radius 3 is 2.78 bits per heavy atom. The number of primary amides is 1. The van der Waals surface area contributed by atoms with Gasteiger partial charge in [0.1, 0.15) is 5.69 Å². The van der Waals surface area contributed by atoms with Crippen molar-refractivity contribution < 1.29 is 4.79 Å². The molecule has 0 bridgehead atoms. The number of benzene rings is 1. The highest BCUT2D eigenvalue weighted by Crippen LogP contribution is 2.14. The first-order valence-corrected chi connectivity index (χ1v) is 6.03. The molecule has 0 aliphatic heterocycles. The number of halogens is 1. The maximum absolute atomic E-state index is 11.2. The predicted molar refractivity (Wildman–Crippen MR) is 71.6 cm³/mol. The first kappa shape index (κ1) is 12.6. The Bertz CT molecular complexity index is 569. The number of amides is 1. The minimum atomic E-state index is -0.489. The molecular weight excluding hydrogens is 248 g/mol. The minimum absolute atomic E-state index is 0.347. The zero-order valence-electron chi connectivity index (χ0n) is 9.77. The fourth-order valence-electron chi connectivity index (χ4n) is 1.83. The predicted octanol–water partition coefficient (Wildman–Crippen LogP) is 2.62. The molecule has 0 radical (unpaired) electrons. The average Bonchev–Trinajstić information content (AvgIpc) is 2.37. The van der Waals surface area contributed by atoms with E-state index in [1.807, 2.05) is 30.3 Å². The lowest BCUT2D eigenvalue weighted by Gasteiger charge is -2.05. The van der Waals surface area contributed by atoms with Crippen LogP contribution in [0.2, 0.25) is 5.02 Å². The molecule has 0 spiro atoms. The number of hydrogen-bond donors (Lipinski definition) is 1. The van der Waals surface area contributed by atoms with Crippen LogP contribution in [0.1, 0.15) is 21.6 Å². The number of aromatic nitrogens is 1. The number of hydrogen-bond acceptors (Lipinski definition) is 2. The van der Waals surface area contributed by atoms with Crippen LogP contribution < -0.4 is 5.73 Å². The number of carbonyl (C=O) groups excluding carboxylic acids is 1. The van der Waals surface area contributed by atoms with Gasteiger partial charge in [-0.25, -0.2) is 0 Å². The highest BCUT2D eigenvalue weighted by molar-refractivity contribution is 6.30. The molecule has 0 aliphatic carbocycles. The van der Waals surface area contributed by atoms with Crippen molar-refractivity contribution in [2.75, 3.05) is 0 Å². The molecule has 1 heterocycles. The van der Waals surface area contributed by atoms with Gasteiger partial charge in [0.2, 0.25) is 0 Å². The molecule has 4 heteroatoms. The van der Waals surface area contributed by atoms with Crippen molar-refractivity contribution in [3.8, 4) is 0 Å². The van der Waals surface area contributed by atoms with E-state index in [0.717, 1.165) is 17.5 Å². The van der Waals surface area contributed by atoms with Gasteiger partial charge >= 0.3 is 0 Å². The molecule has 0 atom stereocenters. The van der Waals surface area contributed by atoms with Crippen LogP contribution >= 0.6 is 11.6 Å². The van der Waals surface area contributed by atoms with E-state index >= 15 is 0 Å². The lowest BCUT2D eigenvalue weighted by Crippen LogP contribution is -2.16. The Labute approximate surface area is 111 Å². The zero-order valence-corrected chi connectivity index (χ0v) is 10.5. The Morgan fingerprint density at radius 2 is 2.06 bits per heavy atom. The summed E-state index contributed by atoms with van der Waals surface area (Å²) in [5.41, 5.74) is 7.62. The van der Waals surface area contributed by atoms with Crippen molar-refractivity contribution in [3.05, 3.63) is 64.4 Å². The van der Waals surface area contributed by atoms with Crippen LogP contribution in [0, 0.1) is 0 Å². The second-order valence-electron chi connectivity index (χ2n) is 4.01. The van der Waals surface area contributed by atoms with Crippen molar-refractivity contribution in [3.63, 3.8) is 0 Å². The fourth-order valence-corrected chi connectivity index (χ4v) is 2.05. The van der Waals surface area contributed by atoms with Gasteiger partial charge in [0.15, 0.2) is 0 Å². The molecular formula is C14H13ClN2O. The van der Waals surface area contributed by atoms with Gasteiger partial charge in [-0.3, -0.25) is 9.78 Å². The zero-order chi connectivity index (χ0) is 13.0. The molecule has 92 valence electrons. The van der Waals surface area contributed by atoms with Gasteiger partial charge in [-0.2, -0.15) is 0 Å². The summed E-state index contributed by atoms with van der Waals surface area (Å²) in [6, 6.07) is 11.4. The fraction of sp³-hybridized carbons (Fsp3) is 0.143. The van der Waals surface area contributed by atoms with Crippen LogP contribution in [0.4, 0.5) is 0 Å². The second-order valence-corrected chi connectivity index (χ2v) is 4.44. The molecule has 1 amide bonds. The third-order valence-electron chi connectivity index (χ3n) is 2.70. The number of pyridine rings is 1. The SMILES string of the molecule is NC(=O)c1ncccc1CCc1cccc(Cl)c1. The number of nitrogens with two attached hydrogens (primary N) is 1. The van der Waals surface area contributed by atoms with Crippen LogP contribution in [0.15, 0.2) is 42.6 Å². The van der Waals surface area contributed by atoms with E-state index in [-0.39, 0.29) is 0 Å². The molecule has 0 saturated carbocycles. The minimum Gasteiger partial charge on any atom is -0.364 e. The van der Waals surface area contributed by atoms with Crippen LogP contribution in [-0.2, 0) is 12.8 Å². The third kappa shape index (κ3) is 3.08. The largest absolute Gasteiger partial charge is 0.364 e. The van der Waals surface area contributed by atoms with Crippen molar-refractivity contribution in [2.24, 2.45) is 5.73 Å². The van der Waals surface area contributed by atoms with E-state index in [1.165, 1.54) is 0 Å².